The molecular weight excluding hydrogens is 388 g/mol. The van der Waals surface area contributed by atoms with Crippen molar-refractivity contribution in [2.45, 2.75) is 52.1 Å². The van der Waals surface area contributed by atoms with Crippen LogP contribution in [0.4, 0.5) is 0 Å². The molecule has 3 heterocycles. The minimum absolute atomic E-state index is 0.0659. The van der Waals surface area contributed by atoms with E-state index in [1.165, 1.54) is 0 Å². The summed E-state index contributed by atoms with van der Waals surface area (Å²) in [5, 5.41) is 13.1. The molecule has 7 heteroatoms. The SMILES string of the molecule is Cc1ccn(C[C@@H](C)NC(=O)c2cc(C3CC3)nc3c2c(C)nn3-c2ccccc2)n1. The summed E-state index contributed by atoms with van der Waals surface area (Å²) in [6.07, 6.45) is 4.17. The Kier molecular flexibility index (Phi) is 4.81. The van der Waals surface area contributed by atoms with Gasteiger partial charge in [-0.3, -0.25) is 9.48 Å². The summed E-state index contributed by atoms with van der Waals surface area (Å²) in [4.78, 5) is 18.3. The molecule has 0 unspecified atom stereocenters. The van der Waals surface area contributed by atoms with E-state index >= 15 is 0 Å². The van der Waals surface area contributed by atoms with Gasteiger partial charge < -0.3 is 5.32 Å². The number of nitrogens with zero attached hydrogens (tertiary/aromatic N) is 5. The van der Waals surface area contributed by atoms with Crippen LogP contribution in [0, 0.1) is 13.8 Å². The first-order chi connectivity index (χ1) is 15.0. The van der Waals surface area contributed by atoms with E-state index in [-0.39, 0.29) is 11.9 Å². The highest BCUT2D eigenvalue weighted by Gasteiger charge is 2.29. The van der Waals surface area contributed by atoms with E-state index in [4.69, 9.17) is 10.1 Å². The van der Waals surface area contributed by atoms with Gasteiger partial charge in [-0.25, -0.2) is 9.67 Å². The number of aromatic nitrogens is 5. The lowest BCUT2D eigenvalue weighted by atomic mass is 10.1. The minimum atomic E-state index is -0.0959. The third-order valence-corrected chi connectivity index (χ3v) is 5.69. The topological polar surface area (TPSA) is 77.6 Å². The molecule has 0 aliphatic heterocycles. The molecule has 1 aromatic carbocycles. The second-order valence-corrected chi connectivity index (χ2v) is 8.45. The van der Waals surface area contributed by atoms with Gasteiger partial charge in [0.25, 0.3) is 5.91 Å². The van der Waals surface area contributed by atoms with E-state index in [9.17, 15) is 4.79 Å². The van der Waals surface area contributed by atoms with Crippen molar-refractivity contribution in [2.75, 3.05) is 0 Å². The van der Waals surface area contributed by atoms with Crippen LogP contribution in [-0.4, -0.2) is 36.5 Å². The summed E-state index contributed by atoms with van der Waals surface area (Å²) in [7, 11) is 0. The van der Waals surface area contributed by atoms with Gasteiger partial charge in [0.05, 0.1) is 34.6 Å². The first-order valence-electron chi connectivity index (χ1n) is 10.8. The molecule has 1 aliphatic carbocycles. The molecule has 1 aliphatic rings. The predicted molar refractivity (Wildman–Crippen MR) is 119 cm³/mol. The number of hydrogen-bond donors (Lipinski definition) is 1. The van der Waals surface area contributed by atoms with Crippen molar-refractivity contribution in [2.24, 2.45) is 0 Å². The summed E-state index contributed by atoms with van der Waals surface area (Å²) in [6.45, 7) is 6.51. The zero-order valence-electron chi connectivity index (χ0n) is 18.0. The van der Waals surface area contributed by atoms with Gasteiger partial charge in [-0.05, 0) is 57.9 Å². The van der Waals surface area contributed by atoms with E-state index in [1.54, 1.807) is 0 Å². The molecule has 4 aromatic rings. The maximum Gasteiger partial charge on any atom is 0.252 e. The van der Waals surface area contributed by atoms with Gasteiger partial charge >= 0.3 is 0 Å². The van der Waals surface area contributed by atoms with Crippen LogP contribution in [0.5, 0.6) is 0 Å². The molecule has 0 saturated heterocycles. The van der Waals surface area contributed by atoms with Gasteiger partial charge in [0.2, 0.25) is 0 Å². The van der Waals surface area contributed by atoms with Crippen LogP contribution in [0.3, 0.4) is 0 Å². The first kappa shape index (κ1) is 19.5. The lowest BCUT2D eigenvalue weighted by molar-refractivity contribution is 0.0937. The Morgan fingerprint density at radius 1 is 1.16 bits per heavy atom. The summed E-state index contributed by atoms with van der Waals surface area (Å²) in [5.74, 6) is 0.334. The number of carbonyl (C=O) groups is 1. The highest BCUT2D eigenvalue weighted by Crippen LogP contribution is 2.40. The van der Waals surface area contributed by atoms with Crippen LogP contribution < -0.4 is 5.32 Å². The molecular formula is C24H26N6O. The molecule has 0 radical (unpaired) electrons. The molecule has 7 nitrogen and oxygen atoms in total. The van der Waals surface area contributed by atoms with Gasteiger partial charge in [-0.2, -0.15) is 10.2 Å². The van der Waals surface area contributed by atoms with E-state index in [2.05, 4.69) is 10.4 Å². The van der Waals surface area contributed by atoms with E-state index in [0.29, 0.717) is 18.0 Å². The fraction of sp³-hybridized carbons (Fsp3) is 0.333. The second kappa shape index (κ2) is 7.65. The first-order valence-corrected chi connectivity index (χ1v) is 10.8. The molecule has 1 fully saturated rings. The number of para-hydroxylation sites is 1. The standard InChI is InChI=1S/C24H26N6O/c1-15-11-12-29(27-15)14-16(2)25-24(31)20-13-21(18-9-10-18)26-23-22(20)17(3)28-30(23)19-7-5-4-6-8-19/h4-8,11-13,16,18H,9-10,14H2,1-3H3,(H,25,31)/t16-/m1/s1. The molecule has 0 bridgehead atoms. The van der Waals surface area contributed by atoms with Gasteiger partial charge in [0.15, 0.2) is 5.65 Å². The zero-order valence-corrected chi connectivity index (χ0v) is 18.0. The van der Waals surface area contributed by atoms with E-state index < -0.39 is 0 Å². The second-order valence-electron chi connectivity index (χ2n) is 8.45. The number of rotatable bonds is 6. The van der Waals surface area contributed by atoms with Gasteiger partial charge in [0, 0.05) is 23.9 Å². The highest BCUT2D eigenvalue weighted by atomic mass is 16.1. The maximum atomic E-state index is 13.4. The zero-order chi connectivity index (χ0) is 21.5. The summed E-state index contributed by atoms with van der Waals surface area (Å²) < 4.78 is 3.71. The molecule has 1 amide bonds. The summed E-state index contributed by atoms with van der Waals surface area (Å²) in [6, 6.07) is 13.8. The number of aryl methyl sites for hydroxylation is 2. The van der Waals surface area contributed by atoms with Crippen molar-refractivity contribution in [1.29, 1.82) is 0 Å². The number of fused-ring (bicyclic) bond motifs is 1. The normalized spacial score (nSPS) is 14.7. The van der Waals surface area contributed by atoms with Crippen LogP contribution in [0.1, 0.15) is 53.1 Å². The Labute approximate surface area is 181 Å². The van der Waals surface area contributed by atoms with Gasteiger partial charge in [-0.1, -0.05) is 18.2 Å². The van der Waals surface area contributed by atoms with Crippen LogP contribution in [-0.2, 0) is 6.54 Å². The van der Waals surface area contributed by atoms with Crippen molar-refractivity contribution in [3.05, 3.63) is 71.3 Å². The Bertz CT molecular complexity index is 1250. The van der Waals surface area contributed by atoms with Crippen molar-refractivity contribution < 1.29 is 4.79 Å². The fourth-order valence-corrected chi connectivity index (χ4v) is 4.02. The maximum absolute atomic E-state index is 13.4. The summed E-state index contributed by atoms with van der Waals surface area (Å²) >= 11 is 0. The lowest BCUT2D eigenvalue weighted by Crippen LogP contribution is -2.36. The van der Waals surface area contributed by atoms with Crippen molar-refractivity contribution in [3.8, 4) is 5.69 Å². The van der Waals surface area contributed by atoms with Gasteiger partial charge in [-0.15, -0.1) is 0 Å². The molecule has 0 spiro atoms. The molecule has 5 rings (SSSR count). The van der Waals surface area contributed by atoms with E-state index in [1.807, 2.05) is 78.8 Å². The van der Waals surface area contributed by atoms with Crippen LogP contribution in [0.25, 0.3) is 16.7 Å². The van der Waals surface area contributed by atoms with Crippen molar-refractivity contribution >= 4 is 16.9 Å². The average Bonchev–Trinajstić information content (AvgIpc) is 3.46. The molecule has 1 atom stereocenters. The molecule has 1 N–H and O–H groups in total. The Balaban J connectivity index is 1.53. The summed E-state index contributed by atoms with van der Waals surface area (Å²) in [5.41, 5.74) is 5.07. The number of amides is 1. The van der Waals surface area contributed by atoms with Crippen LogP contribution in [0.15, 0.2) is 48.7 Å². The smallest absolute Gasteiger partial charge is 0.252 e. The number of carbonyl (C=O) groups excluding carboxylic acids is 1. The molecule has 31 heavy (non-hydrogen) atoms. The van der Waals surface area contributed by atoms with Crippen LogP contribution >= 0.6 is 0 Å². The average molecular weight is 415 g/mol. The Hall–Kier alpha value is -3.48. The third-order valence-electron chi connectivity index (χ3n) is 5.69. The minimum Gasteiger partial charge on any atom is -0.348 e. The van der Waals surface area contributed by atoms with Crippen molar-refractivity contribution in [3.63, 3.8) is 0 Å². The van der Waals surface area contributed by atoms with E-state index in [0.717, 1.165) is 46.6 Å². The third kappa shape index (κ3) is 3.83. The predicted octanol–water partition coefficient (Wildman–Crippen LogP) is 3.93. The van der Waals surface area contributed by atoms with Crippen molar-refractivity contribution in [1.82, 2.24) is 29.9 Å². The lowest BCUT2D eigenvalue weighted by Gasteiger charge is -2.15. The Morgan fingerprint density at radius 3 is 2.61 bits per heavy atom. The molecule has 3 aromatic heterocycles. The quantitative estimate of drug-likeness (QED) is 0.519. The monoisotopic (exact) mass is 414 g/mol. The number of pyridine rings is 1. The fourth-order valence-electron chi connectivity index (χ4n) is 4.02. The van der Waals surface area contributed by atoms with Crippen LogP contribution in [0.2, 0.25) is 0 Å². The molecule has 1 saturated carbocycles. The number of benzene rings is 1. The highest BCUT2D eigenvalue weighted by molar-refractivity contribution is 6.07. The Morgan fingerprint density at radius 2 is 1.94 bits per heavy atom. The largest absolute Gasteiger partial charge is 0.348 e. The number of nitrogens with one attached hydrogen (secondary N) is 1. The number of hydrogen-bond acceptors (Lipinski definition) is 4. The van der Waals surface area contributed by atoms with Gasteiger partial charge in [0.1, 0.15) is 0 Å². The molecule has 158 valence electrons.